The molecular weight excluding hydrogens is 1050 g/mol. The summed E-state index contributed by atoms with van der Waals surface area (Å²) < 4.78 is 45.8. The van der Waals surface area contributed by atoms with Crippen LogP contribution in [0.1, 0.15) is 185 Å². The standard InChI is InChI=1S/C63H109NO12Si3/c1-39(2)78(40(3)4,41(5)6)74-54-36-53(72-48(16)65)46(14)50-34-52(73-61(69)58(50)54)47(15)51(66)35-56(67)63(20,21)57(75-77(23,24)62(17,18)19)31-28-32-64-60(68)59(76-79(42(7)8,43(9)10)44(11)12)55(70-22)33-45(13)37-71-38-49-29-26-25-27-30-49/h25-30,32,36,39-45,47,51-52,55-57,59,66-67H,31,33-35,37-38H2,1-24H3,(H,64,68)/b32-28+/t45?,47-,51+,52-,55+,56-,57-,59+/m1/s1. The highest BCUT2D eigenvalue weighted by molar-refractivity contribution is 6.78. The van der Waals surface area contributed by atoms with Crippen molar-refractivity contribution in [2.45, 2.75) is 266 Å². The van der Waals surface area contributed by atoms with E-state index in [-0.39, 0.29) is 63.0 Å². The van der Waals surface area contributed by atoms with E-state index in [4.69, 9.17) is 32.2 Å². The summed E-state index contributed by atoms with van der Waals surface area (Å²) in [6.07, 6.45) is -0.205. The first-order valence-electron chi connectivity index (χ1n) is 29.5. The normalized spacial score (nSPS) is 17.8. The quantitative estimate of drug-likeness (QED) is 0.0372. The van der Waals surface area contributed by atoms with Crippen LogP contribution in [0.2, 0.25) is 51.4 Å². The van der Waals surface area contributed by atoms with Crippen LogP contribution >= 0.6 is 0 Å². The van der Waals surface area contributed by atoms with Crippen molar-refractivity contribution < 1.29 is 56.8 Å². The molecule has 0 aliphatic carbocycles. The third-order valence-electron chi connectivity index (χ3n) is 18.1. The van der Waals surface area contributed by atoms with Crippen molar-refractivity contribution in [2.75, 3.05) is 13.7 Å². The number of benzene rings is 2. The van der Waals surface area contributed by atoms with E-state index in [1.807, 2.05) is 64.1 Å². The molecule has 1 aliphatic rings. The number of aliphatic hydroxyl groups is 2. The zero-order valence-electron chi connectivity index (χ0n) is 53.4. The van der Waals surface area contributed by atoms with Crippen LogP contribution in [0.25, 0.3) is 0 Å². The van der Waals surface area contributed by atoms with Gasteiger partial charge in [-0.2, -0.15) is 0 Å². The Morgan fingerprint density at radius 2 is 1.34 bits per heavy atom. The summed E-state index contributed by atoms with van der Waals surface area (Å²) >= 11 is 0. The van der Waals surface area contributed by atoms with Gasteiger partial charge in [-0.1, -0.05) is 168 Å². The predicted octanol–water partition coefficient (Wildman–Crippen LogP) is 14.6. The van der Waals surface area contributed by atoms with E-state index >= 15 is 0 Å². The number of aliphatic hydroxyl groups excluding tert-OH is 2. The third-order valence-corrected chi connectivity index (χ3v) is 34.7. The Bertz CT molecular complexity index is 2250. The summed E-state index contributed by atoms with van der Waals surface area (Å²) in [7, 11) is -6.00. The summed E-state index contributed by atoms with van der Waals surface area (Å²) in [4.78, 5) is 41.5. The smallest absolute Gasteiger partial charge is 0.342 e. The van der Waals surface area contributed by atoms with Crippen LogP contribution in [-0.2, 0) is 45.7 Å². The average molecular weight is 1160 g/mol. The summed E-state index contributed by atoms with van der Waals surface area (Å²) in [5.41, 5.74) is 3.11. The monoisotopic (exact) mass is 1160 g/mol. The van der Waals surface area contributed by atoms with E-state index in [0.717, 1.165) is 5.56 Å². The molecule has 13 nitrogen and oxygen atoms in total. The molecule has 1 aliphatic heterocycles. The molecule has 1 amide bonds. The number of methoxy groups -OCH3 is 1. The molecule has 450 valence electrons. The highest BCUT2D eigenvalue weighted by Gasteiger charge is 2.51. The first kappa shape index (κ1) is 70.1. The van der Waals surface area contributed by atoms with Gasteiger partial charge in [0.1, 0.15) is 23.2 Å². The Hall–Kier alpha value is -3.20. The van der Waals surface area contributed by atoms with Crippen LogP contribution in [0.3, 0.4) is 0 Å². The maximum Gasteiger partial charge on any atom is 0.342 e. The molecule has 3 rings (SSSR count). The van der Waals surface area contributed by atoms with E-state index in [9.17, 15) is 24.6 Å². The minimum Gasteiger partial charge on any atom is -0.542 e. The summed E-state index contributed by atoms with van der Waals surface area (Å²) in [6, 6.07) is 11.7. The topological polar surface area (TPSA) is 168 Å². The number of carbonyl (C=O) groups excluding carboxylic acids is 3. The van der Waals surface area contributed by atoms with Crippen molar-refractivity contribution in [1.82, 2.24) is 5.32 Å². The van der Waals surface area contributed by atoms with Gasteiger partial charge in [-0.15, -0.1) is 0 Å². The van der Waals surface area contributed by atoms with Gasteiger partial charge >= 0.3 is 11.9 Å². The summed E-state index contributed by atoms with van der Waals surface area (Å²) in [6.45, 7) is 49.2. The van der Waals surface area contributed by atoms with Gasteiger partial charge in [0.15, 0.2) is 14.4 Å². The molecule has 2 aromatic carbocycles. The SMILES string of the molecule is CO[C@@H](CC(C)COCc1ccccc1)[C@H](O[Si](C(C)C)(C(C)C)C(C)C)C(=O)N/C=C/C[C@@H](O[Si](C)(C)C(C)(C)C)C(C)(C)[C@H](O)C[C@H](O)[C@@H](C)[C@H]1Cc2c(C)c(OC(C)=O)cc(O[Si](C(C)C)(C(C)C)C(C)C)c2C(=O)O1. The lowest BCUT2D eigenvalue weighted by Gasteiger charge is -2.46. The number of ether oxygens (including phenoxy) is 4. The Morgan fingerprint density at radius 3 is 1.84 bits per heavy atom. The molecule has 16 heteroatoms. The first-order valence-corrected chi connectivity index (χ1v) is 36.7. The van der Waals surface area contributed by atoms with Gasteiger partial charge in [0.25, 0.3) is 14.2 Å². The largest absolute Gasteiger partial charge is 0.542 e. The van der Waals surface area contributed by atoms with Crippen LogP contribution in [0, 0.1) is 24.2 Å². The van der Waals surface area contributed by atoms with Crippen molar-refractivity contribution in [2.24, 2.45) is 17.3 Å². The van der Waals surface area contributed by atoms with Gasteiger partial charge in [0.05, 0.1) is 31.0 Å². The zero-order chi connectivity index (χ0) is 60.3. The van der Waals surface area contributed by atoms with Gasteiger partial charge in [-0.05, 0) is 100.0 Å². The van der Waals surface area contributed by atoms with Gasteiger partial charge in [0.2, 0.25) is 8.32 Å². The van der Waals surface area contributed by atoms with E-state index in [2.05, 4.69) is 129 Å². The van der Waals surface area contributed by atoms with Crippen molar-refractivity contribution in [3.63, 3.8) is 0 Å². The lowest BCUT2D eigenvalue weighted by atomic mass is 9.75. The molecule has 79 heavy (non-hydrogen) atoms. The Morgan fingerprint density at radius 1 is 0.797 bits per heavy atom. The number of nitrogens with one attached hydrogen (secondary N) is 1. The Kier molecular flexibility index (Phi) is 26.0. The summed E-state index contributed by atoms with van der Waals surface area (Å²) in [5, 5.41) is 27.3. The molecule has 8 atom stereocenters. The molecule has 0 spiro atoms. The van der Waals surface area contributed by atoms with Crippen LogP contribution in [0.4, 0.5) is 0 Å². The van der Waals surface area contributed by atoms with Gasteiger partial charge in [0, 0.05) is 50.9 Å². The van der Waals surface area contributed by atoms with Crippen LogP contribution in [0.15, 0.2) is 48.7 Å². The second kappa shape index (κ2) is 29.4. The summed E-state index contributed by atoms with van der Waals surface area (Å²) in [5.74, 6) is -1.18. The van der Waals surface area contributed by atoms with E-state index < -0.39 is 84.8 Å². The average Bonchev–Trinajstić information content (AvgIpc) is 3.35. The van der Waals surface area contributed by atoms with E-state index in [1.54, 1.807) is 19.4 Å². The highest BCUT2D eigenvalue weighted by Crippen LogP contribution is 2.48. The fraction of sp³-hybridized carbons (Fsp3) is 0.730. The predicted molar refractivity (Wildman–Crippen MR) is 327 cm³/mol. The molecule has 0 aromatic heterocycles. The number of esters is 2. The first-order chi connectivity index (χ1) is 36.4. The number of amides is 1. The van der Waals surface area contributed by atoms with Crippen molar-refractivity contribution in [1.29, 1.82) is 0 Å². The second-order valence-electron chi connectivity index (χ2n) is 27.0. The molecule has 1 heterocycles. The third kappa shape index (κ3) is 17.2. The molecule has 2 aromatic rings. The van der Waals surface area contributed by atoms with Crippen molar-refractivity contribution in [3.8, 4) is 11.5 Å². The lowest BCUT2D eigenvalue weighted by Crippen LogP contribution is -2.56. The van der Waals surface area contributed by atoms with Crippen LogP contribution in [-0.4, -0.2) is 103 Å². The number of fused-ring (bicyclic) bond motifs is 1. The van der Waals surface area contributed by atoms with Gasteiger partial charge < -0.3 is 47.8 Å². The van der Waals surface area contributed by atoms with Crippen LogP contribution < -0.4 is 14.5 Å². The molecule has 3 N–H and O–H groups in total. The minimum absolute atomic E-state index is 0.0284. The number of rotatable bonds is 31. The number of carbonyl (C=O) groups is 3. The van der Waals surface area contributed by atoms with Crippen LogP contribution in [0.5, 0.6) is 11.5 Å². The van der Waals surface area contributed by atoms with Crippen molar-refractivity contribution >= 4 is 42.8 Å². The number of hydrogen-bond acceptors (Lipinski definition) is 12. The molecule has 0 radical (unpaired) electrons. The van der Waals surface area contributed by atoms with Gasteiger partial charge in [-0.25, -0.2) is 4.79 Å². The van der Waals surface area contributed by atoms with E-state index in [1.165, 1.54) is 6.92 Å². The van der Waals surface area contributed by atoms with Gasteiger partial charge in [-0.3, -0.25) is 9.59 Å². The number of hydrogen-bond donors (Lipinski definition) is 3. The van der Waals surface area contributed by atoms with E-state index in [0.29, 0.717) is 54.2 Å². The maximum absolute atomic E-state index is 14.7. The molecule has 0 bridgehead atoms. The molecule has 0 saturated heterocycles. The Labute approximate surface area is 481 Å². The fourth-order valence-electron chi connectivity index (χ4n) is 12.2. The highest BCUT2D eigenvalue weighted by atomic mass is 28.4. The Balaban J connectivity index is 1.96. The van der Waals surface area contributed by atoms with Crippen molar-refractivity contribution in [3.05, 3.63) is 70.9 Å². The molecule has 1 unspecified atom stereocenters. The lowest BCUT2D eigenvalue weighted by molar-refractivity contribution is -0.135. The second-order valence-corrected chi connectivity index (χ2v) is 42.5. The number of cyclic esters (lactones) is 1. The molecule has 0 saturated carbocycles. The zero-order valence-corrected chi connectivity index (χ0v) is 56.4. The molecule has 0 fully saturated rings. The molecular formula is C63H109NO12Si3. The minimum atomic E-state index is -2.59. The fourth-order valence-corrected chi connectivity index (χ4v) is 24.5. The maximum atomic E-state index is 14.7.